The van der Waals surface area contributed by atoms with Crippen LogP contribution < -0.4 is 10.5 Å². The lowest BCUT2D eigenvalue weighted by atomic mass is 9.83. The number of nitriles is 1. The number of fused-ring (bicyclic) bond motifs is 4. The van der Waals surface area contributed by atoms with Gasteiger partial charge < -0.3 is 10.5 Å². The molecule has 0 amide bonds. The van der Waals surface area contributed by atoms with Crippen molar-refractivity contribution in [1.29, 1.82) is 5.26 Å². The molecule has 5 rings (SSSR count). The van der Waals surface area contributed by atoms with Crippen molar-refractivity contribution in [2.24, 2.45) is 0 Å². The maximum Gasteiger partial charge on any atom is 0.130 e. The van der Waals surface area contributed by atoms with Gasteiger partial charge in [-0.3, -0.25) is 0 Å². The van der Waals surface area contributed by atoms with Gasteiger partial charge in [-0.1, -0.05) is 23.7 Å². The van der Waals surface area contributed by atoms with Crippen LogP contribution in [0.1, 0.15) is 16.0 Å². The Labute approximate surface area is 177 Å². The number of hydrogen-bond acceptors (Lipinski definition) is 5. The Hall–Kier alpha value is -3.07. The van der Waals surface area contributed by atoms with E-state index in [0.717, 1.165) is 56.8 Å². The van der Waals surface area contributed by atoms with Crippen molar-refractivity contribution < 1.29 is 4.74 Å². The number of aromatic nitrogens is 1. The van der Waals surface area contributed by atoms with Crippen molar-refractivity contribution in [3.8, 4) is 34.2 Å². The lowest BCUT2D eigenvalue weighted by Gasteiger charge is -2.23. The van der Waals surface area contributed by atoms with Crippen molar-refractivity contribution in [2.75, 3.05) is 12.8 Å². The van der Waals surface area contributed by atoms with Gasteiger partial charge in [0.2, 0.25) is 0 Å². The topological polar surface area (TPSA) is 71.9 Å². The monoisotopic (exact) mass is 417 g/mol. The molecule has 1 aliphatic carbocycles. The van der Waals surface area contributed by atoms with Gasteiger partial charge in [-0.25, -0.2) is 4.98 Å². The van der Waals surface area contributed by atoms with Gasteiger partial charge in [0, 0.05) is 16.0 Å². The Balaban J connectivity index is 1.88. The van der Waals surface area contributed by atoms with E-state index >= 15 is 0 Å². The molecule has 0 saturated heterocycles. The Morgan fingerprint density at radius 3 is 2.69 bits per heavy atom. The van der Waals surface area contributed by atoms with Crippen LogP contribution in [0, 0.1) is 11.3 Å². The summed E-state index contributed by atoms with van der Waals surface area (Å²) in [6, 6.07) is 16.1. The lowest BCUT2D eigenvalue weighted by Crippen LogP contribution is -2.08. The summed E-state index contributed by atoms with van der Waals surface area (Å²) in [4.78, 5) is 6.25. The molecule has 1 aliphatic rings. The molecule has 4 nitrogen and oxygen atoms in total. The van der Waals surface area contributed by atoms with Crippen molar-refractivity contribution >= 4 is 38.8 Å². The Kier molecular flexibility index (Phi) is 4.20. The molecule has 0 bridgehead atoms. The summed E-state index contributed by atoms with van der Waals surface area (Å²) in [5, 5.41) is 11.1. The van der Waals surface area contributed by atoms with E-state index in [-0.39, 0.29) is 0 Å². The molecule has 0 atom stereocenters. The van der Waals surface area contributed by atoms with Crippen LogP contribution in [0.4, 0.5) is 5.69 Å². The van der Waals surface area contributed by atoms with Gasteiger partial charge in [0.05, 0.1) is 18.5 Å². The van der Waals surface area contributed by atoms with E-state index in [9.17, 15) is 5.26 Å². The molecule has 2 aromatic heterocycles. The number of methoxy groups -OCH3 is 1. The predicted octanol–water partition coefficient (Wildman–Crippen LogP) is 5.84. The number of anilines is 1. The van der Waals surface area contributed by atoms with Crippen LogP contribution in [-0.4, -0.2) is 12.1 Å². The molecule has 0 unspecified atom stereocenters. The van der Waals surface area contributed by atoms with Crippen molar-refractivity contribution in [3.63, 3.8) is 0 Å². The molecule has 0 saturated carbocycles. The second-order valence-corrected chi connectivity index (χ2v) is 8.42. The highest BCUT2D eigenvalue weighted by molar-refractivity contribution is 7.20. The van der Waals surface area contributed by atoms with E-state index in [1.54, 1.807) is 7.11 Å². The molecule has 2 aromatic carbocycles. The maximum absolute atomic E-state index is 9.52. The smallest absolute Gasteiger partial charge is 0.130 e. The van der Waals surface area contributed by atoms with E-state index in [4.69, 9.17) is 27.1 Å². The number of halogens is 1. The molecule has 142 valence electrons. The zero-order valence-corrected chi connectivity index (χ0v) is 17.2. The number of pyridine rings is 1. The van der Waals surface area contributed by atoms with Crippen LogP contribution >= 0.6 is 22.9 Å². The summed E-state index contributed by atoms with van der Waals surface area (Å²) in [5.41, 5.74) is 13.4. The van der Waals surface area contributed by atoms with E-state index in [1.165, 1.54) is 16.9 Å². The summed E-state index contributed by atoms with van der Waals surface area (Å²) < 4.78 is 5.39. The number of nitrogens with zero attached hydrogens (tertiary/aromatic N) is 2. The summed E-state index contributed by atoms with van der Waals surface area (Å²) in [6.07, 6.45) is 1.73. The number of thiophene rings is 1. The van der Waals surface area contributed by atoms with Gasteiger partial charge in [0.15, 0.2) is 0 Å². The van der Waals surface area contributed by atoms with E-state index in [1.807, 2.05) is 30.3 Å². The van der Waals surface area contributed by atoms with Crippen LogP contribution in [0.2, 0.25) is 5.02 Å². The average molecular weight is 418 g/mol. The number of nitrogens with two attached hydrogens (primary N) is 1. The average Bonchev–Trinajstić information content (AvgIpc) is 3.07. The molecular formula is C23H16ClN3OS. The number of benzene rings is 2. The fourth-order valence-corrected chi connectivity index (χ4v) is 5.10. The van der Waals surface area contributed by atoms with Gasteiger partial charge in [-0.05, 0) is 65.4 Å². The lowest BCUT2D eigenvalue weighted by molar-refractivity contribution is 0.414. The summed E-state index contributed by atoms with van der Waals surface area (Å²) in [7, 11) is 1.68. The van der Waals surface area contributed by atoms with Crippen LogP contribution in [0.25, 0.3) is 32.6 Å². The van der Waals surface area contributed by atoms with Gasteiger partial charge >= 0.3 is 0 Å². The second-order valence-electron chi connectivity index (χ2n) is 6.98. The highest BCUT2D eigenvalue weighted by Gasteiger charge is 2.26. The first-order valence-corrected chi connectivity index (χ1v) is 10.4. The van der Waals surface area contributed by atoms with E-state index in [0.29, 0.717) is 15.6 Å². The SMILES string of the molecule is COc1ccc2c(c1)CCc1c-2nc2sc(C#N)c(N)c2c1-c1ccc(Cl)cc1. The van der Waals surface area contributed by atoms with Gasteiger partial charge in [-0.2, -0.15) is 5.26 Å². The number of nitrogen functional groups attached to an aromatic ring is 1. The third kappa shape index (κ3) is 2.76. The minimum Gasteiger partial charge on any atom is -0.497 e. The molecule has 2 N–H and O–H groups in total. The van der Waals surface area contributed by atoms with E-state index in [2.05, 4.69) is 18.2 Å². The molecule has 4 aromatic rings. The fraction of sp³-hybridized carbons (Fsp3) is 0.130. The predicted molar refractivity (Wildman–Crippen MR) is 119 cm³/mol. The maximum atomic E-state index is 9.52. The molecule has 2 heterocycles. The zero-order chi connectivity index (χ0) is 20.1. The number of aryl methyl sites for hydroxylation is 1. The standard InChI is InChI=1S/C23H16ClN3OS/c1-28-15-7-9-16-13(10-15)4-8-17-19(12-2-5-14(24)6-3-12)20-21(26)18(11-25)29-23(20)27-22(16)17/h2-3,5-7,9-10H,4,8,26H2,1H3. The zero-order valence-electron chi connectivity index (χ0n) is 15.6. The van der Waals surface area contributed by atoms with Gasteiger partial charge in [-0.15, -0.1) is 11.3 Å². The van der Waals surface area contributed by atoms with Crippen molar-refractivity contribution in [3.05, 3.63) is 63.5 Å². The van der Waals surface area contributed by atoms with Crippen LogP contribution in [0.3, 0.4) is 0 Å². The van der Waals surface area contributed by atoms with Gasteiger partial charge in [0.25, 0.3) is 0 Å². The van der Waals surface area contributed by atoms with Crippen LogP contribution in [0.5, 0.6) is 5.75 Å². The number of hydrogen-bond donors (Lipinski definition) is 1. The Bertz CT molecular complexity index is 1320. The Morgan fingerprint density at radius 2 is 1.97 bits per heavy atom. The second kappa shape index (κ2) is 6.77. The quantitative estimate of drug-likeness (QED) is 0.444. The minimum atomic E-state index is 0.500. The highest BCUT2D eigenvalue weighted by Crippen LogP contribution is 2.46. The normalized spacial score (nSPS) is 12.3. The van der Waals surface area contributed by atoms with Crippen molar-refractivity contribution in [1.82, 2.24) is 4.98 Å². The molecule has 29 heavy (non-hydrogen) atoms. The molecular weight excluding hydrogens is 402 g/mol. The molecule has 0 radical (unpaired) electrons. The van der Waals surface area contributed by atoms with Gasteiger partial charge in [0.1, 0.15) is 21.5 Å². The minimum absolute atomic E-state index is 0.500. The molecule has 6 heteroatoms. The van der Waals surface area contributed by atoms with Crippen LogP contribution in [0.15, 0.2) is 42.5 Å². The summed E-state index contributed by atoms with van der Waals surface area (Å²) in [6.45, 7) is 0. The first kappa shape index (κ1) is 18.0. The largest absolute Gasteiger partial charge is 0.497 e. The number of ether oxygens (including phenoxy) is 1. The first-order valence-electron chi connectivity index (χ1n) is 9.19. The van der Waals surface area contributed by atoms with Crippen molar-refractivity contribution in [2.45, 2.75) is 12.8 Å². The van der Waals surface area contributed by atoms with Crippen LogP contribution in [-0.2, 0) is 12.8 Å². The molecule has 0 spiro atoms. The summed E-state index contributed by atoms with van der Waals surface area (Å²) >= 11 is 7.47. The summed E-state index contributed by atoms with van der Waals surface area (Å²) in [5.74, 6) is 0.846. The molecule has 0 aliphatic heterocycles. The Morgan fingerprint density at radius 1 is 1.17 bits per heavy atom. The fourth-order valence-electron chi connectivity index (χ4n) is 4.07. The molecule has 0 fully saturated rings. The number of rotatable bonds is 2. The van der Waals surface area contributed by atoms with E-state index < -0.39 is 0 Å². The first-order chi connectivity index (χ1) is 14.1. The third-order valence-electron chi connectivity index (χ3n) is 5.42. The third-order valence-corrected chi connectivity index (χ3v) is 6.68. The highest BCUT2D eigenvalue weighted by atomic mass is 35.5.